The van der Waals surface area contributed by atoms with E-state index < -0.39 is 5.41 Å². The van der Waals surface area contributed by atoms with Crippen molar-refractivity contribution in [1.29, 1.82) is 0 Å². The second kappa shape index (κ2) is 1.68. The molecule has 1 fully saturated rings. The van der Waals surface area contributed by atoms with Gasteiger partial charge < -0.3 is 4.79 Å². The van der Waals surface area contributed by atoms with Gasteiger partial charge in [-0.05, 0) is 5.41 Å². The van der Waals surface area contributed by atoms with Crippen LogP contribution in [-0.2, 0) is 9.59 Å². The quantitative estimate of drug-likeness (QED) is 0.534. The van der Waals surface area contributed by atoms with Gasteiger partial charge in [0.15, 0.2) is 0 Å². The van der Waals surface area contributed by atoms with Crippen LogP contribution in [0.15, 0.2) is 0 Å². The summed E-state index contributed by atoms with van der Waals surface area (Å²) < 4.78 is 0. The van der Waals surface area contributed by atoms with E-state index in [1.54, 1.807) is 6.92 Å². The molecule has 0 aromatic carbocycles. The van der Waals surface area contributed by atoms with Gasteiger partial charge >= 0.3 is 0 Å². The van der Waals surface area contributed by atoms with Crippen LogP contribution >= 0.6 is 0 Å². The summed E-state index contributed by atoms with van der Waals surface area (Å²) in [6.07, 6.45) is 2.78. The van der Waals surface area contributed by atoms with E-state index in [-0.39, 0.29) is 11.3 Å². The fraction of sp³-hybridized carbons (Fsp3) is 0.750. The van der Waals surface area contributed by atoms with Gasteiger partial charge in [0.25, 0.3) is 0 Å². The van der Waals surface area contributed by atoms with E-state index in [1.807, 2.05) is 20.1 Å². The largest absolute Gasteiger partial charge is 0.303 e. The molecule has 10 heavy (non-hydrogen) atoms. The van der Waals surface area contributed by atoms with Crippen molar-refractivity contribution in [2.75, 3.05) is 0 Å². The summed E-state index contributed by atoms with van der Waals surface area (Å²) in [7, 11) is 0. The van der Waals surface area contributed by atoms with Gasteiger partial charge in [0.2, 0.25) is 6.29 Å². The molecule has 0 bridgehead atoms. The molecule has 0 aromatic heterocycles. The molecule has 0 amide bonds. The van der Waals surface area contributed by atoms with Crippen LogP contribution in [0.1, 0.15) is 20.8 Å². The Labute approximate surface area is 60.6 Å². The van der Waals surface area contributed by atoms with Crippen molar-refractivity contribution >= 4 is 12.6 Å². The van der Waals surface area contributed by atoms with Gasteiger partial charge in [0.05, 0.1) is 0 Å². The maximum Gasteiger partial charge on any atom is 0.206 e. The highest BCUT2D eigenvalue weighted by molar-refractivity contribution is 5.79. The Bertz CT molecular complexity index is 184. The van der Waals surface area contributed by atoms with Gasteiger partial charge in [-0.15, -0.1) is 0 Å². The highest BCUT2D eigenvalue weighted by atomic mass is 16.1. The van der Waals surface area contributed by atoms with Gasteiger partial charge in [0, 0.05) is 11.3 Å². The molecule has 1 aliphatic rings. The fourth-order valence-electron chi connectivity index (χ4n) is 1.53. The number of carbonyl (C=O) groups excluding carboxylic acids is 2. The lowest BCUT2D eigenvalue weighted by atomic mass is 10.0. The third-order valence-electron chi connectivity index (χ3n) is 3.00. The lowest BCUT2D eigenvalue weighted by Crippen LogP contribution is -2.04. The minimum absolute atomic E-state index is 0.127. The van der Waals surface area contributed by atoms with Crippen molar-refractivity contribution in [3.8, 4) is 0 Å². The number of rotatable bonds is 2. The minimum atomic E-state index is -0.519. The average Bonchev–Trinajstić information content (AvgIpc) is 2.29. The minimum Gasteiger partial charge on any atom is -0.303 e. The molecule has 55 valence electrons. The van der Waals surface area contributed by atoms with Crippen LogP contribution in [0, 0.1) is 16.7 Å². The normalized spacial score (nSPS) is 42.5. The summed E-state index contributed by atoms with van der Waals surface area (Å²) in [5, 5.41) is 0. The van der Waals surface area contributed by atoms with Crippen LogP contribution in [0.3, 0.4) is 0 Å². The maximum absolute atomic E-state index is 10.4. The first kappa shape index (κ1) is 7.45. The van der Waals surface area contributed by atoms with E-state index in [0.717, 1.165) is 6.29 Å². The molecule has 1 aliphatic carbocycles. The molecular formula is C8H11O2. The molecule has 0 N–H and O–H groups in total. The van der Waals surface area contributed by atoms with Gasteiger partial charge in [-0.3, -0.25) is 4.79 Å². The van der Waals surface area contributed by atoms with Gasteiger partial charge in [0.1, 0.15) is 6.29 Å². The van der Waals surface area contributed by atoms with E-state index >= 15 is 0 Å². The number of hydrogen-bond donors (Lipinski definition) is 0. The van der Waals surface area contributed by atoms with Gasteiger partial charge in [-0.25, -0.2) is 0 Å². The second-order valence-corrected chi connectivity index (χ2v) is 3.64. The zero-order valence-corrected chi connectivity index (χ0v) is 6.47. The first-order chi connectivity index (χ1) is 4.50. The lowest BCUT2D eigenvalue weighted by Gasteiger charge is -2.01. The first-order valence-electron chi connectivity index (χ1n) is 3.35. The topological polar surface area (TPSA) is 34.1 Å². The summed E-state index contributed by atoms with van der Waals surface area (Å²) in [6, 6.07) is 0. The average molecular weight is 139 g/mol. The summed E-state index contributed by atoms with van der Waals surface area (Å²) in [5.41, 5.74) is -0.689. The van der Waals surface area contributed by atoms with Crippen molar-refractivity contribution in [2.45, 2.75) is 20.8 Å². The molecule has 0 spiro atoms. The predicted octanol–water partition coefficient (Wildman–Crippen LogP) is 0.957. The highest BCUT2D eigenvalue weighted by Gasteiger charge is 2.69. The van der Waals surface area contributed by atoms with Crippen LogP contribution in [0.2, 0.25) is 0 Å². The molecule has 0 aliphatic heterocycles. The molecule has 0 heterocycles. The molecule has 0 unspecified atom stereocenters. The van der Waals surface area contributed by atoms with Crippen LogP contribution in [-0.4, -0.2) is 12.6 Å². The third kappa shape index (κ3) is 0.542. The van der Waals surface area contributed by atoms with Crippen molar-refractivity contribution in [3.05, 3.63) is 0 Å². The first-order valence-corrected chi connectivity index (χ1v) is 3.35. The number of hydrogen-bond acceptors (Lipinski definition) is 2. The molecule has 2 nitrogen and oxygen atoms in total. The molecule has 0 aromatic rings. The molecule has 1 radical (unpaired) electrons. The Morgan fingerprint density at radius 2 is 1.90 bits per heavy atom. The third-order valence-corrected chi connectivity index (χ3v) is 3.00. The van der Waals surface area contributed by atoms with Crippen LogP contribution < -0.4 is 0 Å². The van der Waals surface area contributed by atoms with Crippen LogP contribution in [0.4, 0.5) is 0 Å². The van der Waals surface area contributed by atoms with E-state index in [2.05, 4.69) is 0 Å². The Kier molecular flexibility index (Phi) is 1.25. The molecule has 2 atom stereocenters. The second-order valence-electron chi connectivity index (χ2n) is 3.64. The number of aldehydes is 1. The Hall–Kier alpha value is -0.660. The zero-order valence-electron chi connectivity index (χ0n) is 6.47. The summed E-state index contributed by atoms with van der Waals surface area (Å²) >= 11 is 0. The highest BCUT2D eigenvalue weighted by Crippen LogP contribution is 2.66. The Morgan fingerprint density at radius 1 is 1.40 bits per heavy atom. The van der Waals surface area contributed by atoms with Crippen molar-refractivity contribution in [1.82, 2.24) is 0 Å². The van der Waals surface area contributed by atoms with Crippen molar-refractivity contribution in [2.24, 2.45) is 16.7 Å². The number of carbonyl (C=O) groups is 1. The summed E-state index contributed by atoms with van der Waals surface area (Å²) in [4.78, 5) is 20.8. The van der Waals surface area contributed by atoms with Crippen molar-refractivity contribution in [3.63, 3.8) is 0 Å². The Morgan fingerprint density at radius 3 is 2.00 bits per heavy atom. The molecule has 0 saturated heterocycles. The SMILES string of the molecule is CC1(C)[C@@H](C=O)[C@]1(C)[C]=O. The smallest absolute Gasteiger partial charge is 0.206 e. The van der Waals surface area contributed by atoms with E-state index in [4.69, 9.17) is 0 Å². The summed E-state index contributed by atoms with van der Waals surface area (Å²) in [5.74, 6) is -0.127. The maximum atomic E-state index is 10.4. The molecule has 2 heteroatoms. The van der Waals surface area contributed by atoms with Gasteiger partial charge in [-0.1, -0.05) is 20.8 Å². The van der Waals surface area contributed by atoms with Crippen molar-refractivity contribution < 1.29 is 9.59 Å². The fourth-order valence-corrected chi connectivity index (χ4v) is 1.53. The summed E-state index contributed by atoms with van der Waals surface area (Å²) in [6.45, 7) is 5.60. The standard InChI is InChI=1S/C8H11O2/c1-7(2)6(4-9)8(7,3)5-10/h4,6H,1-3H3/t6-,8+/m1/s1. The Balaban J connectivity index is 2.87. The monoisotopic (exact) mass is 139 g/mol. The molecular weight excluding hydrogens is 128 g/mol. The zero-order chi connectivity index (χ0) is 7.99. The predicted molar refractivity (Wildman–Crippen MR) is 37.1 cm³/mol. The lowest BCUT2D eigenvalue weighted by molar-refractivity contribution is -0.109. The molecule has 1 rings (SSSR count). The van der Waals surface area contributed by atoms with Crippen LogP contribution in [0.25, 0.3) is 0 Å². The molecule has 1 saturated carbocycles. The van der Waals surface area contributed by atoms with E-state index in [9.17, 15) is 9.59 Å². The van der Waals surface area contributed by atoms with Crippen LogP contribution in [0.5, 0.6) is 0 Å². The van der Waals surface area contributed by atoms with Gasteiger partial charge in [-0.2, -0.15) is 0 Å². The van der Waals surface area contributed by atoms with E-state index in [1.165, 1.54) is 0 Å². The van der Waals surface area contributed by atoms with E-state index in [0.29, 0.717) is 0 Å².